The van der Waals surface area contributed by atoms with Gasteiger partial charge in [0, 0.05) is 5.39 Å². The summed E-state index contributed by atoms with van der Waals surface area (Å²) < 4.78 is 13.0. The number of hydrogen-bond acceptors (Lipinski definition) is 5. The molecule has 124 valence electrons. The Labute approximate surface area is 147 Å². The first-order valence-electron chi connectivity index (χ1n) is 7.45. The van der Waals surface area contributed by atoms with E-state index >= 15 is 0 Å². The molecule has 7 heteroatoms. The summed E-state index contributed by atoms with van der Waals surface area (Å²) in [5.74, 6) is -0.372. The Kier molecular flexibility index (Phi) is 5.11. The van der Waals surface area contributed by atoms with E-state index in [1.54, 1.807) is 23.5 Å². The van der Waals surface area contributed by atoms with Crippen LogP contribution in [0.15, 0.2) is 47.1 Å². The number of benzene rings is 1. The van der Waals surface area contributed by atoms with Crippen molar-refractivity contribution in [2.24, 2.45) is 0 Å². The predicted molar refractivity (Wildman–Crippen MR) is 95.7 cm³/mol. The first-order valence-corrected chi connectivity index (χ1v) is 9.21. The van der Waals surface area contributed by atoms with E-state index in [1.165, 1.54) is 30.2 Å². The largest absolute Gasteiger partial charge is 0.349 e. The Morgan fingerprint density at radius 2 is 1.96 bits per heavy atom. The number of nitrogens with one attached hydrogen (secondary N) is 1. The lowest BCUT2D eigenvalue weighted by Gasteiger charge is -2.17. The zero-order valence-electron chi connectivity index (χ0n) is 13.2. The number of thioether (sulfide) groups is 1. The van der Waals surface area contributed by atoms with E-state index in [0.29, 0.717) is 0 Å². The maximum absolute atomic E-state index is 13.0. The number of thiophene rings is 1. The third kappa shape index (κ3) is 3.73. The lowest BCUT2D eigenvalue weighted by atomic mass is 10.1. The summed E-state index contributed by atoms with van der Waals surface area (Å²) in [5, 5.41) is 6.39. The van der Waals surface area contributed by atoms with Crippen molar-refractivity contribution in [3.05, 3.63) is 53.4 Å². The second kappa shape index (κ2) is 7.27. The molecule has 2 heterocycles. The molecule has 1 N–H and O–H groups in total. The highest BCUT2D eigenvalue weighted by atomic mass is 32.2. The zero-order valence-corrected chi connectivity index (χ0v) is 14.8. The summed E-state index contributed by atoms with van der Waals surface area (Å²) in [6, 6.07) is 7.92. The van der Waals surface area contributed by atoms with Crippen LogP contribution in [0.25, 0.3) is 10.2 Å². The van der Waals surface area contributed by atoms with Gasteiger partial charge in [0.1, 0.15) is 22.0 Å². The van der Waals surface area contributed by atoms with Crippen molar-refractivity contribution >= 4 is 39.2 Å². The minimum absolute atomic E-state index is 0.0844. The van der Waals surface area contributed by atoms with Crippen LogP contribution in [0.5, 0.6) is 0 Å². The number of fused-ring (bicyclic) bond motifs is 1. The van der Waals surface area contributed by atoms with Crippen LogP contribution in [0.4, 0.5) is 4.39 Å². The number of aromatic nitrogens is 2. The van der Waals surface area contributed by atoms with Crippen LogP contribution in [0.2, 0.25) is 0 Å². The third-order valence-corrected chi connectivity index (χ3v) is 5.55. The monoisotopic (exact) mass is 361 g/mol. The van der Waals surface area contributed by atoms with E-state index in [2.05, 4.69) is 15.3 Å². The summed E-state index contributed by atoms with van der Waals surface area (Å²) in [6.45, 7) is 3.72. The van der Waals surface area contributed by atoms with Gasteiger partial charge in [-0.15, -0.1) is 11.3 Å². The standard InChI is InChI=1S/C17H16FN3OS2/c1-10(12-3-5-13(18)6-4-12)21-15(22)11(2)24-17-14-7-8-23-16(14)19-9-20-17/h3-11H,1-2H3,(H,21,22)/t10-,11-/m0/s1. The first kappa shape index (κ1) is 16.9. The molecule has 0 aliphatic carbocycles. The zero-order chi connectivity index (χ0) is 17.1. The van der Waals surface area contributed by atoms with Crippen molar-refractivity contribution in [2.75, 3.05) is 0 Å². The van der Waals surface area contributed by atoms with Crippen molar-refractivity contribution < 1.29 is 9.18 Å². The van der Waals surface area contributed by atoms with Crippen molar-refractivity contribution in [1.29, 1.82) is 0 Å². The molecule has 0 unspecified atom stereocenters. The molecule has 2 aromatic heterocycles. The number of carbonyl (C=O) groups excluding carboxylic acids is 1. The van der Waals surface area contributed by atoms with Crippen LogP contribution in [0.1, 0.15) is 25.5 Å². The van der Waals surface area contributed by atoms with Crippen LogP contribution >= 0.6 is 23.1 Å². The lowest BCUT2D eigenvalue weighted by molar-refractivity contribution is -0.120. The number of carbonyl (C=O) groups is 1. The van der Waals surface area contributed by atoms with Gasteiger partial charge >= 0.3 is 0 Å². The van der Waals surface area contributed by atoms with Crippen LogP contribution < -0.4 is 5.32 Å². The molecule has 3 rings (SSSR count). The molecule has 1 amide bonds. The average Bonchev–Trinajstić information content (AvgIpc) is 3.05. The van der Waals surface area contributed by atoms with Gasteiger partial charge in [0.2, 0.25) is 5.91 Å². The summed E-state index contributed by atoms with van der Waals surface area (Å²) in [4.78, 5) is 21.8. The minimum Gasteiger partial charge on any atom is -0.349 e. The van der Waals surface area contributed by atoms with Crippen LogP contribution in [0.3, 0.4) is 0 Å². The fourth-order valence-electron chi connectivity index (χ4n) is 2.25. The molecule has 2 atom stereocenters. The van der Waals surface area contributed by atoms with Gasteiger partial charge in [0.15, 0.2) is 0 Å². The Hall–Kier alpha value is -1.99. The van der Waals surface area contributed by atoms with Gasteiger partial charge in [-0.25, -0.2) is 14.4 Å². The van der Waals surface area contributed by atoms with Gasteiger partial charge in [0.25, 0.3) is 0 Å². The molecule has 0 radical (unpaired) electrons. The molecular formula is C17H16FN3OS2. The van der Waals surface area contributed by atoms with E-state index in [9.17, 15) is 9.18 Å². The molecular weight excluding hydrogens is 345 g/mol. The molecule has 0 fully saturated rings. The summed E-state index contributed by atoms with van der Waals surface area (Å²) in [6.07, 6.45) is 1.52. The summed E-state index contributed by atoms with van der Waals surface area (Å²) in [7, 11) is 0. The smallest absolute Gasteiger partial charge is 0.233 e. The average molecular weight is 361 g/mol. The van der Waals surface area contributed by atoms with Crippen LogP contribution in [0, 0.1) is 5.82 Å². The van der Waals surface area contributed by atoms with Crippen molar-refractivity contribution in [2.45, 2.75) is 30.2 Å². The number of nitrogens with zero attached hydrogens (tertiary/aromatic N) is 2. The molecule has 1 aromatic carbocycles. The van der Waals surface area contributed by atoms with Crippen molar-refractivity contribution in [3.8, 4) is 0 Å². The van der Waals surface area contributed by atoms with Crippen LogP contribution in [-0.2, 0) is 4.79 Å². The molecule has 0 aliphatic rings. The molecule has 0 aliphatic heterocycles. The summed E-state index contributed by atoms with van der Waals surface area (Å²) >= 11 is 2.96. The topological polar surface area (TPSA) is 54.9 Å². The number of hydrogen-bond donors (Lipinski definition) is 1. The predicted octanol–water partition coefficient (Wildman–Crippen LogP) is 4.19. The van der Waals surface area contributed by atoms with E-state index in [1.807, 2.05) is 25.3 Å². The lowest BCUT2D eigenvalue weighted by Crippen LogP contribution is -2.33. The number of amides is 1. The molecule has 0 saturated carbocycles. The van der Waals surface area contributed by atoms with Gasteiger partial charge in [-0.2, -0.15) is 0 Å². The normalized spacial score (nSPS) is 13.6. The number of halogens is 1. The molecule has 0 spiro atoms. The molecule has 0 bridgehead atoms. The highest BCUT2D eigenvalue weighted by molar-refractivity contribution is 8.00. The second-order valence-corrected chi connectivity index (χ2v) is 7.58. The van der Waals surface area contributed by atoms with Gasteiger partial charge in [-0.1, -0.05) is 23.9 Å². The Morgan fingerprint density at radius 1 is 1.21 bits per heavy atom. The fraction of sp³-hybridized carbons (Fsp3) is 0.235. The fourth-order valence-corrected chi connectivity index (χ4v) is 3.95. The van der Waals surface area contributed by atoms with E-state index < -0.39 is 0 Å². The molecule has 3 aromatic rings. The quantitative estimate of drug-likeness (QED) is 0.547. The molecule has 4 nitrogen and oxygen atoms in total. The number of rotatable bonds is 5. The van der Waals surface area contributed by atoms with E-state index in [4.69, 9.17) is 0 Å². The molecule has 24 heavy (non-hydrogen) atoms. The molecule has 0 saturated heterocycles. The third-order valence-electron chi connectivity index (χ3n) is 3.61. The van der Waals surface area contributed by atoms with Crippen molar-refractivity contribution in [1.82, 2.24) is 15.3 Å². The van der Waals surface area contributed by atoms with Gasteiger partial charge in [-0.05, 0) is 43.0 Å². The van der Waals surface area contributed by atoms with E-state index in [-0.39, 0.29) is 23.0 Å². The highest BCUT2D eigenvalue weighted by Crippen LogP contribution is 2.30. The maximum Gasteiger partial charge on any atom is 0.233 e. The minimum atomic E-state index is -0.300. The van der Waals surface area contributed by atoms with Gasteiger partial charge in [-0.3, -0.25) is 4.79 Å². The van der Waals surface area contributed by atoms with Crippen molar-refractivity contribution in [3.63, 3.8) is 0 Å². The van der Waals surface area contributed by atoms with Crippen LogP contribution in [-0.4, -0.2) is 21.1 Å². The SMILES string of the molecule is C[C@H](Sc1ncnc2sccc12)C(=O)N[C@@H](C)c1ccc(F)cc1. The second-order valence-electron chi connectivity index (χ2n) is 5.36. The summed E-state index contributed by atoms with van der Waals surface area (Å²) in [5.41, 5.74) is 0.865. The van der Waals surface area contributed by atoms with E-state index in [0.717, 1.165) is 20.8 Å². The Morgan fingerprint density at radius 3 is 2.71 bits per heavy atom. The van der Waals surface area contributed by atoms with Gasteiger partial charge in [0.05, 0.1) is 11.3 Å². The first-order chi connectivity index (χ1) is 11.5. The highest BCUT2D eigenvalue weighted by Gasteiger charge is 2.19. The maximum atomic E-state index is 13.0. The Balaban J connectivity index is 1.66. The van der Waals surface area contributed by atoms with Gasteiger partial charge < -0.3 is 5.32 Å². The Bertz CT molecular complexity index is 850.